The summed E-state index contributed by atoms with van der Waals surface area (Å²) in [4.78, 5) is 22.9. The monoisotopic (exact) mass is 212 g/mol. The van der Waals surface area contributed by atoms with Crippen LogP contribution < -0.4 is 0 Å². The van der Waals surface area contributed by atoms with Crippen molar-refractivity contribution in [3.8, 4) is 0 Å². The highest BCUT2D eigenvalue weighted by Gasteiger charge is 2.15. The Balaban J connectivity index is 2.48. The predicted octanol–water partition coefficient (Wildman–Crippen LogP) is 2.39. The third kappa shape index (κ3) is 1.87. The number of aryl methyl sites for hydroxylation is 2. The molecular formula is C14H12O2. The second-order valence-corrected chi connectivity index (χ2v) is 3.96. The molecule has 1 aromatic carbocycles. The summed E-state index contributed by atoms with van der Waals surface area (Å²) in [6.45, 7) is 4.01. The van der Waals surface area contributed by atoms with Gasteiger partial charge in [-0.3, -0.25) is 9.59 Å². The molecule has 80 valence electrons. The lowest BCUT2D eigenvalue weighted by Crippen LogP contribution is -2.06. The summed E-state index contributed by atoms with van der Waals surface area (Å²) >= 11 is 0. The number of ketones is 2. The summed E-state index contributed by atoms with van der Waals surface area (Å²) in [7, 11) is 0. The Morgan fingerprint density at radius 1 is 0.938 bits per heavy atom. The molecular weight excluding hydrogens is 200 g/mol. The minimum absolute atomic E-state index is 0.108. The number of benzene rings is 1. The summed E-state index contributed by atoms with van der Waals surface area (Å²) in [6.07, 6.45) is 4.02. The Labute approximate surface area is 94.3 Å². The van der Waals surface area contributed by atoms with Gasteiger partial charge in [0.1, 0.15) is 0 Å². The van der Waals surface area contributed by atoms with E-state index < -0.39 is 0 Å². The summed E-state index contributed by atoms with van der Waals surface area (Å²) in [5, 5.41) is 0. The Kier molecular flexibility index (Phi) is 2.57. The quantitative estimate of drug-likeness (QED) is 0.670. The van der Waals surface area contributed by atoms with Gasteiger partial charge in [0.05, 0.1) is 0 Å². The maximum atomic E-state index is 11.6. The van der Waals surface area contributed by atoms with Crippen LogP contribution in [-0.2, 0) is 9.59 Å². The smallest absolute Gasteiger partial charge is 0.186 e. The second kappa shape index (κ2) is 3.89. The topological polar surface area (TPSA) is 34.1 Å². The van der Waals surface area contributed by atoms with Gasteiger partial charge in [0.2, 0.25) is 0 Å². The van der Waals surface area contributed by atoms with Crippen molar-refractivity contribution in [2.75, 3.05) is 0 Å². The molecule has 2 heteroatoms. The molecule has 0 spiro atoms. The van der Waals surface area contributed by atoms with Crippen LogP contribution in [0.2, 0.25) is 0 Å². The normalized spacial score (nSPS) is 15.2. The fraction of sp³-hybridized carbons (Fsp3) is 0.143. The second-order valence-electron chi connectivity index (χ2n) is 3.96. The van der Waals surface area contributed by atoms with Gasteiger partial charge in [0.15, 0.2) is 11.6 Å². The fourth-order valence-corrected chi connectivity index (χ4v) is 1.64. The zero-order chi connectivity index (χ0) is 11.7. The Morgan fingerprint density at radius 3 is 2.38 bits per heavy atom. The molecule has 0 saturated carbocycles. The molecule has 0 heterocycles. The largest absolute Gasteiger partial charge is 0.290 e. The molecule has 0 N–H and O–H groups in total. The van der Waals surface area contributed by atoms with E-state index in [1.165, 1.54) is 23.8 Å². The van der Waals surface area contributed by atoms with Gasteiger partial charge >= 0.3 is 0 Å². The van der Waals surface area contributed by atoms with E-state index in [4.69, 9.17) is 0 Å². The van der Waals surface area contributed by atoms with Crippen LogP contribution in [0.3, 0.4) is 0 Å². The van der Waals surface area contributed by atoms with Crippen molar-refractivity contribution in [3.63, 3.8) is 0 Å². The molecule has 0 amide bonds. The van der Waals surface area contributed by atoms with Crippen molar-refractivity contribution in [1.29, 1.82) is 0 Å². The van der Waals surface area contributed by atoms with Crippen LogP contribution in [0.4, 0.5) is 0 Å². The van der Waals surface area contributed by atoms with Crippen LogP contribution >= 0.6 is 0 Å². The van der Waals surface area contributed by atoms with Gasteiger partial charge < -0.3 is 0 Å². The lowest BCUT2D eigenvalue weighted by atomic mass is 9.94. The van der Waals surface area contributed by atoms with E-state index in [1.807, 2.05) is 32.0 Å². The van der Waals surface area contributed by atoms with Gasteiger partial charge in [-0.2, -0.15) is 0 Å². The molecule has 0 saturated heterocycles. The highest BCUT2D eigenvalue weighted by atomic mass is 16.1. The molecule has 1 aliphatic carbocycles. The SMILES string of the molecule is Cc1ccc(C2=CC(=O)C=CC2=O)cc1C. The molecule has 0 atom stereocenters. The van der Waals surface area contributed by atoms with Crippen molar-refractivity contribution in [1.82, 2.24) is 0 Å². The van der Waals surface area contributed by atoms with E-state index in [1.54, 1.807) is 0 Å². The van der Waals surface area contributed by atoms with Gasteiger partial charge in [0.25, 0.3) is 0 Å². The van der Waals surface area contributed by atoms with Crippen LogP contribution in [-0.4, -0.2) is 11.6 Å². The van der Waals surface area contributed by atoms with Crippen molar-refractivity contribution in [3.05, 3.63) is 53.1 Å². The van der Waals surface area contributed by atoms with Gasteiger partial charge in [-0.25, -0.2) is 0 Å². The summed E-state index contributed by atoms with van der Waals surface area (Å²) in [5.74, 6) is -0.240. The molecule has 1 aromatic rings. The van der Waals surface area contributed by atoms with Gasteiger partial charge in [-0.1, -0.05) is 18.2 Å². The van der Waals surface area contributed by atoms with E-state index in [-0.39, 0.29) is 11.6 Å². The van der Waals surface area contributed by atoms with Crippen molar-refractivity contribution in [2.24, 2.45) is 0 Å². The number of hydrogen-bond acceptors (Lipinski definition) is 2. The van der Waals surface area contributed by atoms with Crippen LogP contribution in [0.1, 0.15) is 16.7 Å². The van der Waals surface area contributed by atoms with Gasteiger partial charge in [-0.05, 0) is 48.8 Å². The zero-order valence-corrected chi connectivity index (χ0v) is 9.28. The molecule has 0 aliphatic heterocycles. The fourth-order valence-electron chi connectivity index (χ4n) is 1.64. The predicted molar refractivity (Wildman–Crippen MR) is 63.0 cm³/mol. The Bertz CT molecular complexity index is 534. The number of rotatable bonds is 1. The van der Waals surface area contributed by atoms with E-state index in [0.717, 1.165) is 11.1 Å². The maximum absolute atomic E-state index is 11.6. The third-order valence-electron chi connectivity index (χ3n) is 2.77. The molecule has 16 heavy (non-hydrogen) atoms. The molecule has 0 bridgehead atoms. The average Bonchev–Trinajstić information content (AvgIpc) is 2.26. The summed E-state index contributed by atoms with van der Waals surface area (Å²) < 4.78 is 0. The van der Waals surface area contributed by atoms with Crippen molar-refractivity contribution < 1.29 is 9.59 Å². The van der Waals surface area contributed by atoms with Crippen LogP contribution in [0.5, 0.6) is 0 Å². The highest BCUT2D eigenvalue weighted by molar-refractivity contribution is 6.33. The molecule has 2 nitrogen and oxygen atoms in total. The van der Waals surface area contributed by atoms with Crippen molar-refractivity contribution in [2.45, 2.75) is 13.8 Å². The van der Waals surface area contributed by atoms with E-state index in [9.17, 15) is 9.59 Å². The minimum Gasteiger partial charge on any atom is -0.290 e. The Hall–Kier alpha value is -1.96. The molecule has 0 radical (unpaired) electrons. The average molecular weight is 212 g/mol. The van der Waals surface area contributed by atoms with Crippen LogP contribution in [0, 0.1) is 13.8 Å². The maximum Gasteiger partial charge on any atom is 0.186 e. The minimum atomic E-state index is -0.132. The van der Waals surface area contributed by atoms with E-state index >= 15 is 0 Å². The molecule has 1 aliphatic rings. The summed E-state index contributed by atoms with van der Waals surface area (Å²) in [5.41, 5.74) is 3.59. The van der Waals surface area contributed by atoms with Gasteiger partial charge in [0, 0.05) is 5.57 Å². The molecule has 0 aromatic heterocycles. The van der Waals surface area contributed by atoms with Crippen molar-refractivity contribution >= 4 is 17.1 Å². The summed E-state index contributed by atoms with van der Waals surface area (Å²) in [6, 6.07) is 5.77. The number of allylic oxidation sites excluding steroid dienone is 4. The molecule has 0 unspecified atom stereocenters. The number of carbonyl (C=O) groups is 2. The lowest BCUT2D eigenvalue weighted by Gasteiger charge is -2.09. The lowest BCUT2D eigenvalue weighted by molar-refractivity contribution is -0.113. The van der Waals surface area contributed by atoms with E-state index in [0.29, 0.717) is 5.57 Å². The first-order valence-electron chi connectivity index (χ1n) is 5.13. The van der Waals surface area contributed by atoms with Crippen LogP contribution in [0.15, 0.2) is 36.4 Å². The van der Waals surface area contributed by atoms with E-state index in [2.05, 4.69) is 0 Å². The molecule has 0 fully saturated rings. The first-order valence-corrected chi connectivity index (χ1v) is 5.13. The zero-order valence-electron chi connectivity index (χ0n) is 9.28. The standard InChI is InChI=1S/C14H12O2/c1-9-3-4-11(7-10(9)2)13-8-12(15)5-6-14(13)16/h3-8H,1-2H3. The van der Waals surface area contributed by atoms with Gasteiger partial charge in [-0.15, -0.1) is 0 Å². The van der Waals surface area contributed by atoms with Crippen LogP contribution in [0.25, 0.3) is 5.57 Å². The third-order valence-corrected chi connectivity index (χ3v) is 2.77. The Morgan fingerprint density at radius 2 is 1.69 bits per heavy atom. The number of hydrogen-bond donors (Lipinski definition) is 0. The first kappa shape index (κ1) is 10.6. The number of carbonyl (C=O) groups excluding carboxylic acids is 2. The first-order chi connectivity index (χ1) is 7.58. The highest BCUT2D eigenvalue weighted by Crippen LogP contribution is 2.21. The molecule has 2 rings (SSSR count).